The number of nitrogens with zero attached hydrogens (tertiary/aromatic N) is 5. The fourth-order valence-corrected chi connectivity index (χ4v) is 4.61. The molecule has 2 amide bonds. The average molecular weight is 616 g/mol. The van der Waals surface area contributed by atoms with Crippen LogP contribution in [0.15, 0.2) is 70.0 Å². The molecule has 0 aliphatic carbocycles. The molecule has 13 heteroatoms. The quantitative estimate of drug-likeness (QED) is 0.237. The molecule has 1 atom stereocenters. The van der Waals surface area contributed by atoms with Crippen molar-refractivity contribution in [2.24, 2.45) is 5.92 Å². The minimum atomic E-state index is -1.03. The first-order valence-corrected chi connectivity index (χ1v) is 14.3. The van der Waals surface area contributed by atoms with Crippen LogP contribution in [0.3, 0.4) is 0 Å². The third-order valence-electron chi connectivity index (χ3n) is 7.34. The predicted molar refractivity (Wildman–Crippen MR) is 168 cm³/mol. The maximum atomic E-state index is 13.6. The lowest BCUT2D eigenvalue weighted by atomic mass is 9.84. The lowest BCUT2D eigenvalue weighted by molar-refractivity contribution is -0.122. The second kappa shape index (κ2) is 13.5. The number of Topliss-reactive ketones (excluding diaryl/α,β-unsaturated/α-hetero) is 1. The van der Waals surface area contributed by atoms with Crippen LogP contribution in [-0.4, -0.2) is 64.8 Å². The highest BCUT2D eigenvalue weighted by atomic mass is 16.5. The van der Waals surface area contributed by atoms with Crippen LogP contribution in [0.2, 0.25) is 0 Å². The second-order valence-electron chi connectivity index (χ2n) is 11.5. The Labute approximate surface area is 260 Å². The third-order valence-corrected chi connectivity index (χ3v) is 7.34. The van der Waals surface area contributed by atoms with Crippen LogP contribution in [0.4, 0.5) is 16.2 Å². The number of rotatable bonds is 11. The van der Waals surface area contributed by atoms with Gasteiger partial charge in [0.25, 0.3) is 11.4 Å². The van der Waals surface area contributed by atoms with E-state index in [-0.39, 0.29) is 29.2 Å². The molecule has 2 aromatic heterocycles. The van der Waals surface area contributed by atoms with E-state index in [0.29, 0.717) is 5.56 Å². The van der Waals surface area contributed by atoms with E-state index in [0.717, 1.165) is 22.9 Å². The molecule has 0 radical (unpaired) electrons. The minimum Gasteiger partial charge on any atom is -0.453 e. The summed E-state index contributed by atoms with van der Waals surface area (Å²) in [5, 5.41) is 13.2. The zero-order chi connectivity index (χ0) is 32.9. The SMILES string of the molecule is COC(=O)Nc1cnc(-c2ccccc2)n(CC(=O)N[C@@H](C(=O)c2nnc(C(C)(C)c3ccc(N(C)C)cc3)o2)C(C)C)c1=O. The van der Waals surface area contributed by atoms with E-state index in [4.69, 9.17) is 4.42 Å². The summed E-state index contributed by atoms with van der Waals surface area (Å²) in [5.74, 6) is -1.36. The summed E-state index contributed by atoms with van der Waals surface area (Å²) < 4.78 is 11.6. The number of carbonyl (C=O) groups is 3. The summed E-state index contributed by atoms with van der Waals surface area (Å²) in [5.41, 5.74) is 0.967. The van der Waals surface area contributed by atoms with Gasteiger partial charge in [0.1, 0.15) is 18.1 Å². The Morgan fingerprint density at radius 1 is 1.02 bits per heavy atom. The van der Waals surface area contributed by atoms with E-state index in [1.54, 1.807) is 44.2 Å². The van der Waals surface area contributed by atoms with Crippen LogP contribution in [0.5, 0.6) is 0 Å². The van der Waals surface area contributed by atoms with E-state index < -0.39 is 41.3 Å². The highest BCUT2D eigenvalue weighted by Crippen LogP contribution is 2.32. The van der Waals surface area contributed by atoms with Crippen molar-refractivity contribution < 1.29 is 23.5 Å². The third kappa shape index (κ3) is 7.25. The monoisotopic (exact) mass is 615 g/mol. The Hall–Kier alpha value is -5.33. The summed E-state index contributed by atoms with van der Waals surface area (Å²) in [4.78, 5) is 58.4. The number of nitrogens with one attached hydrogen (secondary N) is 2. The number of benzene rings is 2. The second-order valence-corrected chi connectivity index (χ2v) is 11.5. The number of methoxy groups -OCH3 is 1. The lowest BCUT2D eigenvalue weighted by Gasteiger charge is -2.22. The molecule has 236 valence electrons. The number of amides is 2. The number of ketones is 1. The van der Waals surface area contributed by atoms with Crippen LogP contribution >= 0.6 is 0 Å². The smallest absolute Gasteiger partial charge is 0.411 e. The van der Waals surface area contributed by atoms with Gasteiger partial charge in [-0.25, -0.2) is 9.78 Å². The number of hydrogen-bond acceptors (Lipinski definition) is 10. The molecule has 2 N–H and O–H groups in total. The first-order chi connectivity index (χ1) is 21.3. The summed E-state index contributed by atoms with van der Waals surface area (Å²) in [7, 11) is 5.07. The van der Waals surface area contributed by atoms with Crippen LogP contribution in [0.25, 0.3) is 11.4 Å². The summed E-state index contributed by atoms with van der Waals surface area (Å²) >= 11 is 0. The van der Waals surface area contributed by atoms with Gasteiger partial charge in [-0.05, 0) is 37.5 Å². The van der Waals surface area contributed by atoms with Gasteiger partial charge in [0.05, 0.1) is 24.8 Å². The molecule has 0 aliphatic rings. The molecule has 0 bridgehead atoms. The number of carbonyl (C=O) groups excluding carboxylic acids is 3. The zero-order valence-corrected chi connectivity index (χ0v) is 26.3. The van der Waals surface area contributed by atoms with Crippen LogP contribution in [0.1, 0.15) is 49.8 Å². The molecule has 0 fully saturated rings. The van der Waals surface area contributed by atoms with E-state index >= 15 is 0 Å². The summed E-state index contributed by atoms with van der Waals surface area (Å²) in [6.07, 6.45) is 0.331. The standard InChI is InChI=1S/C32H37N7O6/c1-19(2)25(26(41)28-36-37-30(45-28)32(3,4)21-13-15-22(16-14-21)38(5)6)35-24(40)18-39-27(20-11-9-8-10-12-20)33-17-23(29(39)42)34-31(43)44-7/h8-17,19,25H,18H2,1-7H3,(H,34,43)(H,35,40)/t25-/m1/s1. The Kier molecular flexibility index (Phi) is 9.80. The number of anilines is 2. The van der Waals surface area contributed by atoms with Crippen molar-refractivity contribution in [3.8, 4) is 11.4 Å². The van der Waals surface area contributed by atoms with E-state index in [9.17, 15) is 19.2 Å². The van der Waals surface area contributed by atoms with Crippen molar-refractivity contribution in [2.75, 3.05) is 31.4 Å². The van der Waals surface area contributed by atoms with Gasteiger partial charge in [-0.1, -0.05) is 56.3 Å². The highest BCUT2D eigenvalue weighted by molar-refractivity contribution is 5.98. The summed E-state index contributed by atoms with van der Waals surface area (Å²) in [6, 6.07) is 15.7. The Morgan fingerprint density at radius 2 is 1.69 bits per heavy atom. The molecule has 45 heavy (non-hydrogen) atoms. The molecular weight excluding hydrogens is 578 g/mol. The van der Waals surface area contributed by atoms with Crippen LogP contribution in [-0.2, 0) is 21.5 Å². The van der Waals surface area contributed by atoms with Crippen molar-refractivity contribution >= 4 is 29.2 Å². The predicted octanol–water partition coefficient (Wildman–Crippen LogP) is 3.89. The highest BCUT2D eigenvalue weighted by Gasteiger charge is 2.34. The maximum absolute atomic E-state index is 13.6. The molecular formula is C32H37N7O6. The van der Waals surface area contributed by atoms with E-state index in [2.05, 4.69) is 30.6 Å². The first kappa shape index (κ1) is 32.6. The molecule has 0 saturated heterocycles. The van der Waals surface area contributed by atoms with Gasteiger partial charge >= 0.3 is 6.09 Å². The fraction of sp³-hybridized carbons (Fsp3) is 0.344. The van der Waals surface area contributed by atoms with Gasteiger partial charge in [0.15, 0.2) is 0 Å². The van der Waals surface area contributed by atoms with Crippen molar-refractivity contribution in [3.63, 3.8) is 0 Å². The Bertz CT molecular complexity index is 1730. The maximum Gasteiger partial charge on any atom is 0.411 e. The largest absolute Gasteiger partial charge is 0.453 e. The normalized spacial score (nSPS) is 12.0. The van der Waals surface area contributed by atoms with Gasteiger partial charge in [-0.15, -0.1) is 10.2 Å². The molecule has 4 aromatic rings. The average Bonchev–Trinajstić information content (AvgIpc) is 3.53. The van der Waals surface area contributed by atoms with Gasteiger partial charge in [0, 0.05) is 25.3 Å². The van der Waals surface area contributed by atoms with Gasteiger partial charge < -0.3 is 19.4 Å². The van der Waals surface area contributed by atoms with E-state index in [1.165, 1.54) is 6.20 Å². The van der Waals surface area contributed by atoms with Crippen molar-refractivity contribution in [1.29, 1.82) is 0 Å². The molecule has 13 nitrogen and oxygen atoms in total. The minimum absolute atomic E-state index is 0.178. The molecule has 2 aromatic carbocycles. The zero-order valence-electron chi connectivity index (χ0n) is 26.3. The number of ether oxygens (including phenoxy) is 1. The molecule has 0 spiro atoms. The molecule has 4 rings (SSSR count). The van der Waals surface area contributed by atoms with Gasteiger partial charge in [-0.3, -0.25) is 24.3 Å². The van der Waals surface area contributed by atoms with Crippen LogP contribution < -0.4 is 21.1 Å². The first-order valence-electron chi connectivity index (χ1n) is 14.3. The Morgan fingerprint density at radius 3 is 2.29 bits per heavy atom. The van der Waals surface area contributed by atoms with Crippen molar-refractivity contribution in [2.45, 2.75) is 45.7 Å². The van der Waals surface area contributed by atoms with E-state index in [1.807, 2.05) is 57.1 Å². The van der Waals surface area contributed by atoms with Gasteiger partial charge in [0.2, 0.25) is 17.6 Å². The summed E-state index contributed by atoms with van der Waals surface area (Å²) in [6.45, 7) is 6.87. The van der Waals surface area contributed by atoms with Crippen molar-refractivity contribution in [1.82, 2.24) is 25.1 Å². The van der Waals surface area contributed by atoms with Crippen molar-refractivity contribution in [3.05, 3.63) is 88.5 Å². The lowest BCUT2D eigenvalue weighted by Crippen LogP contribution is -2.46. The van der Waals surface area contributed by atoms with Gasteiger partial charge in [-0.2, -0.15) is 0 Å². The fourth-order valence-electron chi connectivity index (χ4n) is 4.61. The number of hydrogen-bond donors (Lipinski definition) is 2. The molecule has 0 unspecified atom stereocenters. The number of aromatic nitrogens is 4. The topological polar surface area (TPSA) is 162 Å². The molecule has 0 aliphatic heterocycles. The molecule has 0 saturated carbocycles. The Balaban J connectivity index is 1.58. The molecule has 2 heterocycles. The van der Waals surface area contributed by atoms with Crippen LogP contribution in [0, 0.1) is 5.92 Å².